The number of anilines is 1. The van der Waals surface area contributed by atoms with Crippen LogP contribution < -0.4 is 10.6 Å². The first-order valence-electron chi connectivity index (χ1n) is 9.34. The molecule has 130 valence electrons. The van der Waals surface area contributed by atoms with Crippen molar-refractivity contribution in [2.75, 3.05) is 18.4 Å². The number of piperidine rings is 1. The van der Waals surface area contributed by atoms with E-state index >= 15 is 0 Å². The van der Waals surface area contributed by atoms with Crippen LogP contribution in [0.2, 0.25) is 0 Å². The molecule has 25 heavy (non-hydrogen) atoms. The van der Waals surface area contributed by atoms with Gasteiger partial charge in [-0.2, -0.15) is 0 Å². The van der Waals surface area contributed by atoms with Crippen LogP contribution in [0.15, 0.2) is 47.5 Å². The molecule has 1 fully saturated rings. The second kappa shape index (κ2) is 6.64. The van der Waals surface area contributed by atoms with Crippen LogP contribution in [-0.4, -0.2) is 18.9 Å². The summed E-state index contributed by atoms with van der Waals surface area (Å²) in [5, 5.41) is 7.19. The van der Waals surface area contributed by atoms with Crippen LogP contribution in [0.25, 0.3) is 0 Å². The highest BCUT2D eigenvalue weighted by Crippen LogP contribution is 2.40. The van der Waals surface area contributed by atoms with Crippen molar-refractivity contribution in [2.45, 2.75) is 39.7 Å². The van der Waals surface area contributed by atoms with Crippen molar-refractivity contribution in [3.8, 4) is 0 Å². The lowest BCUT2D eigenvalue weighted by atomic mass is 9.71. The number of aryl methyl sites for hydroxylation is 1. The zero-order valence-electron chi connectivity index (χ0n) is 15.2. The Hall–Kier alpha value is -2.13. The molecule has 0 bridgehead atoms. The second-order valence-electron chi connectivity index (χ2n) is 7.51. The van der Waals surface area contributed by atoms with E-state index < -0.39 is 0 Å². The number of amidine groups is 1. The van der Waals surface area contributed by atoms with Gasteiger partial charge in [-0.05, 0) is 74.5 Å². The molecule has 3 heteroatoms. The summed E-state index contributed by atoms with van der Waals surface area (Å²) in [5.41, 5.74) is 6.86. The Labute approximate surface area is 150 Å². The standard InChI is InChI=1S/C22H27N3/c1-16-6-5-8-19(17(16)2)15-24-21-22(10-12-23-13-11-22)14-18-7-3-4-9-20(18)25-21/h3-9,23H,10-15H2,1-2H3,(H,24,25). The third-order valence-electron chi connectivity index (χ3n) is 5.99. The molecule has 4 rings (SSSR count). The third kappa shape index (κ3) is 3.09. The summed E-state index contributed by atoms with van der Waals surface area (Å²) in [6.07, 6.45) is 3.41. The molecule has 0 aliphatic carbocycles. The van der Waals surface area contributed by atoms with Gasteiger partial charge in [-0.15, -0.1) is 0 Å². The highest BCUT2D eigenvalue weighted by molar-refractivity contribution is 6.02. The molecule has 0 saturated carbocycles. The van der Waals surface area contributed by atoms with Crippen LogP contribution >= 0.6 is 0 Å². The zero-order valence-corrected chi connectivity index (χ0v) is 15.2. The summed E-state index contributed by atoms with van der Waals surface area (Å²) >= 11 is 0. The number of aliphatic imine (C=N–C) groups is 1. The topological polar surface area (TPSA) is 36.4 Å². The Kier molecular flexibility index (Phi) is 4.34. The molecule has 3 nitrogen and oxygen atoms in total. The van der Waals surface area contributed by atoms with Gasteiger partial charge in [0.2, 0.25) is 0 Å². The van der Waals surface area contributed by atoms with Crippen molar-refractivity contribution in [3.63, 3.8) is 0 Å². The van der Waals surface area contributed by atoms with Gasteiger partial charge in [-0.3, -0.25) is 4.99 Å². The third-order valence-corrected chi connectivity index (χ3v) is 5.99. The predicted octanol–water partition coefficient (Wildman–Crippen LogP) is 4.24. The average Bonchev–Trinajstić information content (AvgIpc) is 2.64. The van der Waals surface area contributed by atoms with E-state index in [1.165, 1.54) is 33.8 Å². The molecule has 0 aromatic heterocycles. The number of hydrogen-bond acceptors (Lipinski definition) is 2. The minimum Gasteiger partial charge on any atom is -0.343 e. The molecule has 0 atom stereocenters. The zero-order chi connectivity index (χ0) is 17.3. The first-order valence-corrected chi connectivity index (χ1v) is 9.34. The van der Waals surface area contributed by atoms with E-state index in [2.05, 4.69) is 66.9 Å². The van der Waals surface area contributed by atoms with E-state index in [1.54, 1.807) is 0 Å². The molecule has 1 saturated heterocycles. The van der Waals surface area contributed by atoms with Crippen LogP contribution in [-0.2, 0) is 13.0 Å². The summed E-state index contributed by atoms with van der Waals surface area (Å²) in [7, 11) is 0. The maximum atomic E-state index is 5.11. The van der Waals surface area contributed by atoms with Crippen LogP contribution in [0, 0.1) is 19.3 Å². The van der Waals surface area contributed by atoms with Gasteiger partial charge in [0.25, 0.3) is 0 Å². The Morgan fingerprint density at radius 3 is 2.64 bits per heavy atom. The highest BCUT2D eigenvalue weighted by atomic mass is 15.0. The summed E-state index contributed by atoms with van der Waals surface area (Å²) in [6.45, 7) is 7.29. The van der Waals surface area contributed by atoms with E-state index in [9.17, 15) is 0 Å². The summed E-state index contributed by atoms with van der Waals surface area (Å²) < 4.78 is 0. The Bertz CT molecular complexity index is 801. The van der Waals surface area contributed by atoms with Crippen molar-refractivity contribution in [1.82, 2.24) is 5.32 Å². The average molecular weight is 333 g/mol. The molecule has 0 unspecified atom stereocenters. The molecule has 2 aliphatic rings. The SMILES string of the molecule is Cc1cccc(CN=C2Nc3ccccc3CC23CCNCC3)c1C. The molecular formula is C22H27N3. The van der Waals surface area contributed by atoms with Crippen molar-refractivity contribution < 1.29 is 0 Å². The number of hydrogen-bond donors (Lipinski definition) is 2. The minimum atomic E-state index is 0.164. The first-order chi connectivity index (χ1) is 12.2. The first kappa shape index (κ1) is 16.3. The monoisotopic (exact) mass is 333 g/mol. The highest BCUT2D eigenvalue weighted by Gasteiger charge is 2.40. The predicted molar refractivity (Wildman–Crippen MR) is 105 cm³/mol. The summed E-state index contributed by atoms with van der Waals surface area (Å²) in [5.74, 6) is 1.19. The van der Waals surface area contributed by atoms with Gasteiger partial charge in [0.05, 0.1) is 6.54 Å². The van der Waals surface area contributed by atoms with E-state index in [1.807, 2.05) is 0 Å². The molecule has 2 N–H and O–H groups in total. The van der Waals surface area contributed by atoms with E-state index in [-0.39, 0.29) is 5.41 Å². The second-order valence-corrected chi connectivity index (χ2v) is 7.51. The number of nitrogens with zero attached hydrogens (tertiary/aromatic N) is 1. The smallest absolute Gasteiger partial charge is 0.108 e. The minimum absolute atomic E-state index is 0.164. The van der Waals surface area contributed by atoms with Crippen LogP contribution in [0.1, 0.15) is 35.1 Å². The number of fused-ring (bicyclic) bond motifs is 1. The maximum Gasteiger partial charge on any atom is 0.108 e. The Balaban J connectivity index is 1.68. The number of benzene rings is 2. The van der Waals surface area contributed by atoms with Gasteiger partial charge in [0.15, 0.2) is 0 Å². The lowest BCUT2D eigenvalue weighted by Gasteiger charge is -2.43. The van der Waals surface area contributed by atoms with Crippen LogP contribution in [0.5, 0.6) is 0 Å². The Morgan fingerprint density at radius 2 is 1.80 bits per heavy atom. The van der Waals surface area contributed by atoms with E-state index in [0.29, 0.717) is 0 Å². The van der Waals surface area contributed by atoms with E-state index in [4.69, 9.17) is 4.99 Å². The molecule has 2 aromatic carbocycles. The van der Waals surface area contributed by atoms with Crippen LogP contribution in [0.3, 0.4) is 0 Å². The summed E-state index contributed by atoms with van der Waals surface area (Å²) in [6, 6.07) is 15.2. The van der Waals surface area contributed by atoms with Crippen molar-refractivity contribution in [2.24, 2.45) is 10.4 Å². The van der Waals surface area contributed by atoms with Gasteiger partial charge in [0, 0.05) is 11.1 Å². The molecule has 2 aliphatic heterocycles. The largest absolute Gasteiger partial charge is 0.343 e. The molecular weight excluding hydrogens is 306 g/mol. The number of rotatable bonds is 2. The number of para-hydroxylation sites is 1. The van der Waals surface area contributed by atoms with Gasteiger partial charge in [0.1, 0.15) is 5.84 Å². The van der Waals surface area contributed by atoms with Crippen molar-refractivity contribution >= 4 is 11.5 Å². The lowest BCUT2D eigenvalue weighted by Crippen LogP contribution is -2.48. The van der Waals surface area contributed by atoms with Crippen molar-refractivity contribution in [1.29, 1.82) is 0 Å². The van der Waals surface area contributed by atoms with Gasteiger partial charge in [-0.25, -0.2) is 0 Å². The quantitative estimate of drug-likeness (QED) is 0.862. The van der Waals surface area contributed by atoms with Gasteiger partial charge >= 0.3 is 0 Å². The van der Waals surface area contributed by atoms with Crippen molar-refractivity contribution in [3.05, 3.63) is 64.7 Å². The lowest BCUT2D eigenvalue weighted by molar-refractivity contribution is 0.293. The fraction of sp³-hybridized carbons (Fsp3) is 0.409. The fourth-order valence-electron chi connectivity index (χ4n) is 4.18. The molecule has 0 amide bonds. The van der Waals surface area contributed by atoms with Gasteiger partial charge < -0.3 is 10.6 Å². The van der Waals surface area contributed by atoms with E-state index in [0.717, 1.165) is 38.9 Å². The fourth-order valence-corrected chi connectivity index (χ4v) is 4.18. The normalized spacial score (nSPS) is 20.3. The van der Waals surface area contributed by atoms with Crippen LogP contribution in [0.4, 0.5) is 5.69 Å². The maximum absolute atomic E-state index is 5.11. The molecule has 2 heterocycles. The summed E-state index contributed by atoms with van der Waals surface area (Å²) in [4.78, 5) is 5.11. The molecule has 0 radical (unpaired) electrons. The molecule has 1 spiro atoms. The van der Waals surface area contributed by atoms with Gasteiger partial charge in [-0.1, -0.05) is 36.4 Å². The Morgan fingerprint density at radius 1 is 1.00 bits per heavy atom. The number of nitrogens with one attached hydrogen (secondary N) is 2. The molecule has 2 aromatic rings.